The molecule has 0 saturated heterocycles. The Labute approximate surface area is 75.7 Å². The van der Waals surface area contributed by atoms with Crippen molar-refractivity contribution in [3.8, 4) is 0 Å². The summed E-state index contributed by atoms with van der Waals surface area (Å²) in [4.78, 5) is 0. The zero-order valence-corrected chi connectivity index (χ0v) is 9.13. The van der Waals surface area contributed by atoms with E-state index in [1.165, 1.54) is 0 Å². The average molecular weight is 190 g/mol. The normalized spacial score (nSPS) is 11.6. The van der Waals surface area contributed by atoms with Crippen LogP contribution in [0.15, 0.2) is 12.7 Å². The molecule has 0 fully saturated rings. The zero-order valence-electron chi connectivity index (χ0n) is 8.13. The molecular weight excluding hydrogens is 172 g/mol. The molecule has 0 atom stereocenters. The Bertz CT molecular complexity index is 115. The fourth-order valence-corrected chi connectivity index (χ4v) is 2.77. The molecule has 0 aliphatic carbocycles. The van der Waals surface area contributed by atoms with Gasteiger partial charge in [0.1, 0.15) is 0 Å². The molecule has 0 aliphatic rings. The first kappa shape index (κ1) is 11.8. The highest BCUT2D eigenvalue weighted by Gasteiger charge is 2.36. The first-order valence-electron chi connectivity index (χ1n) is 4.01. The molecule has 0 aromatic carbocycles. The summed E-state index contributed by atoms with van der Waals surface area (Å²) < 4.78 is 15.7. The van der Waals surface area contributed by atoms with Gasteiger partial charge in [-0.05, 0) is 12.8 Å². The molecule has 4 heteroatoms. The van der Waals surface area contributed by atoms with E-state index in [1.54, 1.807) is 21.3 Å². The Hall–Kier alpha value is -0.163. The molecule has 0 rings (SSSR count). The van der Waals surface area contributed by atoms with Gasteiger partial charge in [0.2, 0.25) is 0 Å². The van der Waals surface area contributed by atoms with Gasteiger partial charge in [0.25, 0.3) is 0 Å². The maximum Gasteiger partial charge on any atom is 0.500 e. The van der Waals surface area contributed by atoms with Gasteiger partial charge in [-0.15, -0.1) is 6.58 Å². The van der Waals surface area contributed by atoms with Crippen molar-refractivity contribution in [2.45, 2.75) is 18.9 Å². The molecule has 0 amide bonds. The molecule has 0 N–H and O–H groups in total. The molecule has 0 radical (unpaired) electrons. The van der Waals surface area contributed by atoms with E-state index in [0.717, 1.165) is 18.9 Å². The second kappa shape index (κ2) is 6.36. The highest BCUT2D eigenvalue weighted by molar-refractivity contribution is 6.60. The van der Waals surface area contributed by atoms with Crippen molar-refractivity contribution in [2.24, 2.45) is 0 Å². The molecule has 0 aliphatic heterocycles. The van der Waals surface area contributed by atoms with E-state index in [-0.39, 0.29) is 0 Å². The molecule has 3 nitrogen and oxygen atoms in total. The molecule has 0 heterocycles. The van der Waals surface area contributed by atoms with Gasteiger partial charge < -0.3 is 13.3 Å². The third-order valence-electron chi connectivity index (χ3n) is 1.82. The first-order valence-corrected chi connectivity index (χ1v) is 5.94. The van der Waals surface area contributed by atoms with E-state index in [2.05, 4.69) is 6.58 Å². The zero-order chi connectivity index (χ0) is 9.45. The third-order valence-corrected chi connectivity index (χ3v) is 4.66. The van der Waals surface area contributed by atoms with Crippen molar-refractivity contribution >= 4 is 8.80 Å². The summed E-state index contributed by atoms with van der Waals surface area (Å²) >= 11 is 0. The van der Waals surface area contributed by atoms with Crippen LogP contribution in [0.2, 0.25) is 6.04 Å². The van der Waals surface area contributed by atoms with Gasteiger partial charge in [0, 0.05) is 27.4 Å². The maximum atomic E-state index is 5.24. The maximum absolute atomic E-state index is 5.24. The van der Waals surface area contributed by atoms with Crippen molar-refractivity contribution in [1.82, 2.24) is 0 Å². The van der Waals surface area contributed by atoms with Crippen LogP contribution in [0, 0.1) is 0 Å². The lowest BCUT2D eigenvalue weighted by atomic mass is 10.3. The van der Waals surface area contributed by atoms with Gasteiger partial charge in [-0.2, -0.15) is 0 Å². The second-order valence-corrected chi connectivity index (χ2v) is 5.57. The Morgan fingerprint density at radius 1 is 1.17 bits per heavy atom. The van der Waals surface area contributed by atoms with Crippen LogP contribution in [-0.4, -0.2) is 30.1 Å². The highest BCUT2D eigenvalue weighted by atomic mass is 28.4. The molecular formula is C8H18O3Si. The van der Waals surface area contributed by atoms with Crippen LogP contribution in [0.4, 0.5) is 0 Å². The largest absolute Gasteiger partial charge is 0.500 e. The lowest BCUT2D eigenvalue weighted by molar-refractivity contribution is 0.123. The van der Waals surface area contributed by atoms with E-state index >= 15 is 0 Å². The Morgan fingerprint density at radius 3 is 2.00 bits per heavy atom. The summed E-state index contributed by atoms with van der Waals surface area (Å²) in [5.41, 5.74) is 0. The molecule has 0 bridgehead atoms. The summed E-state index contributed by atoms with van der Waals surface area (Å²) in [6, 6.07) is 0.850. The van der Waals surface area contributed by atoms with Crippen molar-refractivity contribution in [3.05, 3.63) is 12.7 Å². The van der Waals surface area contributed by atoms with Crippen molar-refractivity contribution < 1.29 is 13.3 Å². The lowest BCUT2D eigenvalue weighted by Crippen LogP contribution is -2.42. The molecule has 72 valence electrons. The van der Waals surface area contributed by atoms with Gasteiger partial charge in [-0.25, -0.2) is 0 Å². The van der Waals surface area contributed by atoms with Crippen LogP contribution in [-0.2, 0) is 13.3 Å². The quantitative estimate of drug-likeness (QED) is 0.348. The third kappa shape index (κ3) is 3.49. The molecule has 0 unspecified atom stereocenters. The van der Waals surface area contributed by atoms with E-state index < -0.39 is 8.80 Å². The Morgan fingerprint density at radius 2 is 1.67 bits per heavy atom. The monoisotopic (exact) mass is 190 g/mol. The average Bonchev–Trinajstić information content (AvgIpc) is 2.14. The molecule has 0 saturated carbocycles. The number of hydrogen-bond donors (Lipinski definition) is 0. The number of rotatable bonds is 7. The molecule has 0 aromatic heterocycles. The SMILES string of the molecule is C=CCCC[Si](OC)(OC)OC. The van der Waals surface area contributed by atoms with Crippen molar-refractivity contribution in [3.63, 3.8) is 0 Å². The summed E-state index contributed by atoms with van der Waals surface area (Å²) in [6.07, 6.45) is 3.87. The number of unbranched alkanes of at least 4 members (excludes halogenated alkanes) is 1. The van der Waals surface area contributed by atoms with Crippen LogP contribution >= 0.6 is 0 Å². The predicted octanol–water partition coefficient (Wildman–Crippen LogP) is 1.83. The number of allylic oxidation sites excluding steroid dienone is 1. The van der Waals surface area contributed by atoms with E-state index in [9.17, 15) is 0 Å². The highest BCUT2D eigenvalue weighted by Crippen LogP contribution is 2.15. The summed E-state index contributed by atoms with van der Waals surface area (Å²) in [6.45, 7) is 3.65. The van der Waals surface area contributed by atoms with Gasteiger partial charge in [0.15, 0.2) is 0 Å². The standard InChI is InChI=1S/C8H18O3Si/c1-5-6-7-8-12(9-2,10-3)11-4/h5H,1,6-8H2,2-4H3. The van der Waals surface area contributed by atoms with E-state index in [4.69, 9.17) is 13.3 Å². The summed E-state index contributed by atoms with van der Waals surface area (Å²) in [5, 5.41) is 0. The summed E-state index contributed by atoms with van der Waals surface area (Å²) in [7, 11) is 2.59. The van der Waals surface area contributed by atoms with Crippen LogP contribution in [0.3, 0.4) is 0 Å². The van der Waals surface area contributed by atoms with E-state index in [0.29, 0.717) is 0 Å². The van der Waals surface area contributed by atoms with Gasteiger partial charge in [-0.1, -0.05) is 6.08 Å². The smallest absolute Gasteiger partial charge is 0.377 e. The molecule has 12 heavy (non-hydrogen) atoms. The molecule has 0 spiro atoms. The van der Waals surface area contributed by atoms with Gasteiger partial charge in [0.05, 0.1) is 0 Å². The number of hydrogen-bond acceptors (Lipinski definition) is 3. The molecule has 0 aromatic rings. The van der Waals surface area contributed by atoms with Gasteiger partial charge >= 0.3 is 8.80 Å². The summed E-state index contributed by atoms with van der Waals surface area (Å²) in [5.74, 6) is 0. The second-order valence-electron chi connectivity index (χ2n) is 2.48. The fourth-order valence-electron chi connectivity index (χ4n) is 1.02. The Balaban J connectivity index is 3.84. The minimum Gasteiger partial charge on any atom is -0.377 e. The minimum atomic E-state index is -2.30. The van der Waals surface area contributed by atoms with Crippen LogP contribution in [0.1, 0.15) is 12.8 Å². The van der Waals surface area contributed by atoms with E-state index in [1.807, 2.05) is 6.08 Å². The van der Waals surface area contributed by atoms with Crippen LogP contribution < -0.4 is 0 Å². The lowest BCUT2D eigenvalue weighted by Gasteiger charge is -2.23. The van der Waals surface area contributed by atoms with Crippen molar-refractivity contribution in [2.75, 3.05) is 21.3 Å². The fraction of sp³-hybridized carbons (Fsp3) is 0.750. The Kier molecular flexibility index (Phi) is 6.28. The van der Waals surface area contributed by atoms with Crippen LogP contribution in [0.5, 0.6) is 0 Å². The van der Waals surface area contributed by atoms with Crippen molar-refractivity contribution in [1.29, 1.82) is 0 Å². The minimum absolute atomic E-state index is 0.850. The predicted molar refractivity (Wildman–Crippen MR) is 51.0 cm³/mol. The van der Waals surface area contributed by atoms with Gasteiger partial charge in [-0.3, -0.25) is 0 Å². The topological polar surface area (TPSA) is 27.7 Å². The first-order chi connectivity index (χ1) is 5.74. The van der Waals surface area contributed by atoms with Crippen LogP contribution in [0.25, 0.3) is 0 Å².